The van der Waals surface area contributed by atoms with E-state index >= 15 is 0 Å². The summed E-state index contributed by atoms with van der Waals surface area (Å²) in [6.07, 6.45) is 1.98. The van der Waals surface area contributed by atoms with Gasteiger partial charge in [-0.15, -0.1) is 0 Å². The molecule has 0 fully saturated rings. The Hall–Kier alpha value is -5.08. The number of para-hydroxylation sites is 1. The molecule has 3 aromatic carbocycles. The first-order chi connectivity index (χ1) is 21.7. The molecule has 0 saturated carbocycles. The maximum Gasteiger partial charge on any atom is 0.255 e. The summed E-state index contributed by atoms with van der Waals surface area (Å²) in [4.78, 5) is 21.7. The Morgan fingerprint density at radius 1 is 0.891 bits per heavy atom. The van der Waals surface area contributed by atoms with E-state index < -0.39 is 31.6 Å². The SMILES string of the molecule is CNC(=O)c1c(-c2ccc(C)cc2)oc2cc(N(C)S(C)(=O)=O)c(-c3cc(-c4nc5c(F)cccc5o4)nc(S(C)(=O)=O)c3)cc12. The van der Waals surface area contributed by atoms with Crippen molar-refractivity contribution in [3.8, 4) is 34.0 Å². The van der Waals surface area contributed by atoms with Gasteiger partial charge in [-0.05, 0) is 42.8 Å². The van der Waals surface area contributed by atoms with Crippen LogP contribution in [0.3, 0.4) is 0 Å². The Kier molecular flexibility index (Phi) is 7.44. The number of nitrogens with zero attached hydrogens (tertiary/aromatic N) is 3. The average Bonchev–Trinajstić information content (AvgIpc) is 3.61. The fourth-order valence-electron chi connectivity index (χ4n) is 5.05. The Morgan fingerprint density at radius 2 is 1.61 bits per heavy atom. The molecule has 0 atom stereocenters. The van der Waals surface area contributed by atoms with Gasteiger partial charge in [-0.25, -0.2) is 31.2 Å². The number of aryl methyl sites for hydroxylation is 1. The summed E-state index contributed by atoms with van der Waals surface area (Å²) in [5, 5.41) is 2.61. The second-order valence-electron chi connectivity index (χ2n) is 10.8. The molecule has 0 saturated heterocycles. The van der Waals surface area contributed by atoms with Crippen LogP contribution in [0, 0.1) is 12.7 Å². The van der Waals surface area contributed by atoms with Crippen LogP contribution in [0.2, 0.25) is 0 Å². The molecule has 0 unspecified atom stereocenters. The Balaban J connectivity index is 1.69. The highest BCUT2D eigenvalue weighted by atomic mass is 32.2. The van der Waals surface area contributed by atoms with Gasteiger partial charge in [-0.2, -0.15) is 0 Å². The van der Waals surface area contributed by atoms with E-state index in [0.29, 0.717) is 10.9 Å². The van der Waals surface area contributed by atoms with Crippen molar-refractivity contribution in [3.63, 3.8) is 0 Å². The van der Waals surface area contributed by atoms with Crippen molar-refractivity contribution >= 4 is 53.5 Å². The van der Waals surface area contributed by atoms with Gasteiger partial charge in [-0.1, -0.05) is 35.9 Å². The molecule has 14 heteroatoms. The van der Waals surface area contributed by atoms with Crippen LogP contribution in [-0.4, -0.2) is 59.3 Å². The van der Waals surface area contributed by atoms with E-state index in [4.69, 9.17) is 8.83 Å². The van der Waals surface area contributed by atoms with E-state index in [-0.39, 0.29) is 61.4 Å². The number of furan rings is 1. The number of hydrogen-bond donors (Lipinski definition) is 1. The molecule has 6 rings (SSSR count). The number of oxazole rings is 1. The summed E-state index contributed by atoms with van der Waals surface area (Å²) >= 11 is 0. The summed E-state index contributed by atoms with van der Waals surface area (Å²) in [7, 11) is -4.97. The summed E-state index contributed by atoms with van der Waals surface area (Å²) in [5.41, 5.74) is 2.62. The van der Waals surface area contributed by atoms with Gasteiger partial charge in [0.1, 0.15) is 22.6 Å². The third-order valence-corrected chi connectivity index (χ3v) is 9.65. The first-order valence-corrected chi connectivity index (χ1v) is 17.5. The Labute approximate surface area is 263 Å². The number of anilines is 1. The second kappa shape index (κ2) is 11.1. The number of rotatable bonds is 7. The molecule has 1 amide bonds. The number of carbonyl (C=O) groups is 1. The number of carbonyl (C=O) groups excluding carboxylic acids is 1. The summed E-state index contributed by atoms with van der Waals surface area (Å²) in [6, 6.07) is 17.3. The molecule has 11 nitrogen and oxygen atoms in total. The van der Waals surface area contributed by atoms with Gasteiger partial charge in [0.15, 0.2) is 26.3 Å². The van der Waals surface area contributed by atoms with Crippen LogP contribution in [0.15, 0.2) is 80.6 Å². The lowest BCUT2D eigenvalue weighted by Crippen LogP contribution is -2.25. The van der Waals surface area contributed by atoms with E-state index in [1.54, 1.807) is 18.2 Å². The fraction of sp³-hybridized carbons (Fsp3) is 0.156. The van der Waals surface area contributed by atoms with Crippen LogP contribution in [0.4, 0.5) is 10.1 Å². The largest absolute Gasteiger partial charge is 0.455 e. The van der Waals surface area contributed by atoms with E-state index in [0.717, 1.165) is 22.4 Å². The van der Waals surface area contributed by atoms with Crippen LogP contribution in [0.5, 0.6) is 0 Å². The van der Waals surface area contributed by atoms with Gasteiger partial charge < -0.3 is 14.2 Å². The van der Waals surface area contributed by atoms with Crippen LogP contribution in [0.1, 0.15) is 15.9 Å². The zero-order valence-corrected chi connectivity index (χ0v) is 26.9. The molecule has 236 valence electrons. The quantitative estimate of drug-likeness (QED) is 0.231. The smallest absolute Gasteiger partial charge is 0.255 e. The second-order valence-corrected chi connectivity index (χ2v) is 14.8. The molecule has 0 bridgehead atoms. The van der Waals surface area contributed by atoms with Crippen LogP contribution >= 0.6 is 0 Å². The lowest BCUT2D eigenvalue weighted by Gasteiger charge is -2.21. The number of pyridine rings is 1. The highest BCUT2D eigenvalue weighted by molar-refractivity contribution is 7.92. The molecule has 1 N–H and O–H groups in total. The van der Waals surface area contributed by atoms with Crippen molar-refractivity contribution in [2.75, 3.05) is 30.9 Å². The van der Waals surface area contributed by atoms with E-state index in [9.17, 15) is 26.0 Å². The lowest BCUT2D eigenvalue weighted by molar-refractivity contribution is 0.0964. The number of hydrogen-bond acceptors (Lipinski definition) is 9. The number of fused-ring (bicyclic) bond motifs is 2. The third-order valence-electron chi connectivity index (χ3n) is 7.49. The maximum absolute atomic E-state index is 14.5. The first-order valence-electron chi connectivity index (χ1n) is 13.8. The van der Waals surface area contributed by atoms with Gasteiger partial charge in [-0.3, -0.25) is 9.10 Å². The molecule has 0 radical (unpaired) electrons. The van der Waals surface area contributed by atoms with Crippen LogP contribution < -0.4 is 9.62 Å². The van der Waals surface area contributed by atoms with Crippen molar-refractivity contribution in [1.82, 2.24) is 15.3 Å². The minimum Gasteiger partial charge on any atom is -0.455 e. The monoisotopic (exact) mass is 662 g/mol. The highest BCUT2D eigenvalue weighted by Gasteiger charge is 2.27. The lowest BCUT2D eigenvalue weighted by atomic mass is 9.98. The van der Waals surface area contributed by atoms with Crippen LogP contribution in [-0.2, 0) is 19.9 Å². The minimum absolute atomic E-state index is 0.0411. The van der Waals surface area contributed by atoms with Gasteiger partial charge >= 0.3 is 0 Å². The summed E-state index contributed by atoms with van der Waals surface area (Å²) in [6.45, 7) is 1.92. The number of halogens is 1. The van der Waals surface area contributed by atoms with Gasteiger partial charge in [0.2, 0.25) is 15.9 Å². The molecule has 0 spiro atoms. The predicted octanol–water partition coefficient (Wildman–Crippen LogP) is 5.58. The first kappa shape index (κ1) is 30.9. The number of nitrogens with one attached hydrogen (secondary N) is 1. The van der Waals surface area contributed by atoms with E-state index in [2.05, 4.69) is 15.3 Å². The molecular weight excluding hydrogens is 636 g/mol. The van der Waals surface area contributed by atoms with Crippen molar-refractivity contribution < 1.29 is 34.9 Å². The van der Waals surface area contributed by atoms with Crippen molar-refractivity contribution in [3.05, 3.63) is 83.7 Å². The molecule has 0 aliphatic heterocycles. The van der Waals surface area contributed by atoms with Crippen molar-refractivity contribution in [2.45, 2.75) is 11.9 Å². The average molecular weight is 663 g/mol. The Morgan fingerprint density at radius 3 is 2.24 bits per heavy atom. The normalized spacial score (nSPS) is 12.1. The minimum atomic E-state index is -3.94. The van der Waals surface area contributed by atoms with E-state index in [1.165, 1.54) is 50.5 Å². The van der Waals surface area contributed by atoms with Crippen molar-refractivity contribution in [1.29, 1.82) is 0 Å². The molecule has 6 aromatic rings. The fourth-order valence-corrected chi connectivity index (χ4v) is 6.16. The van der Waals surface area contributed by atoms with Crippen molar-refractivity contribution in [2.24, 2.45) is 0 Å². The standard InChI is InChI=1S/C32H27FN4O7S2/c1-17-9-11-18(12-10-17)30-28(31(38)34-2)21-15-20(24(16-26(21)43-30)37(3)46(5,41)42)19-13-23(35-27(14-19)45(4,39)40)32-36-29-22(33)7-6-8-25(29)44-32/h6-16H,1-5H3,(H,34,38). The zero-order valence-electron chi connectivity index (χ0n) is 25.2. The Bertz CT molecular complexity index is 2420. The topological polar surface area (TPSA) is 153 Å². The number of aromatic nitrogens is 2. The summed E-state index contributed by atoms with van der Waals surface area (Å²) < 4.78 is 78.8. The molecule has 0 aliphatic rings. The van der Waals surface area contributed by atoms with E-state index in [1.807, 2.05) is 19.1 Å². The molecule has 3 heterocycles. The third kappa shape index (κ3) is 5.49. The number of benzene rings is 3. The van der Waals surface area contributed by atoms with Gasteiger partial charge in [0.25, 0.3) is 5.91 Å². The molecule has 46 heavy (non-hydrogen) atoms. The molecule has 3 aromatic heterocycles. The van der Waals surface area contributed by atoms with Crippen LogP contribution in [0.25, 0.3) is 56.1 Å². The number of sulfonamides is 1. The number of amides is 1. The summed E-state index contributed by atoms with van der Waals surface area (Å²) in [5.74, 6) is -0.979. The number of sulfone groups is 1. The van der Waals surface area contributed by atoms with Gasteiger partial charge in [0.05, 0.1) is 17.5 Å². The molecular formula is C32H27FN4O7S2. The van der Waals surface area contributed by atoms with Gasteiger partial charge in [0, 0.05) is 42.9 Å². The maximum atomic E-state index is 14.5. The highest BCUT2D eigenvalue weighted by Crippen LogP contribution is 2.42. The molecule has 0 aliphatic carbocycles. The zero-order chi connectivity index (χ0) is 33.1. The predicted molar refractivity (Wildman–Crippen MR) is 172 cm³/mol.